The van der Waals surface area contributed by atoms with Gasteiger partial charge in [0.2, 0.25) is 6.29 Å². The summed E-state index contributed by atoms with van der Waals surface area (Å²) in [7, 11) is -3.61. The van der Waals surface area contributed by atoms with Crippen molar-refractivity contribution >= 4 is 16.0 Å². The summed E-state index contributed by atoms with van der Waals surface area (Å²) in [6.07, 6.45) is -2.13. The van der Waals surface area contributed by atoms with Gasteiger partial charge in [-0.15, -0.1) is 0 Å². The first-order valence-electron chi connectivity index (χ1n) is 3.23. The molecule has 0 rings (SSSR count). The third kappa shape index (κ3) is 2.00. The van der Waals surface area contributed by atoms with E-state index in [1.807, 2.05) is 0 Å². The van der Waals surface area contributed by atoms with Crippen LogP contribution in [0.2, 0.25) is 0 Å². The highest BCUT2D eigenvalue weighted by Gasteiger charge is 2.58. The number of carbonyl (C=O) groups is 1. The highest BCUT2D eigenvalue weighted by atomic mass is 32.2. The Kier molecular flexibility index (Phi) is 3.94. The zero-order valence-corrected chi connectivity index (χ0v) is 8.25. The molecule has 0 bridgehead atoms. The summed E-state index contributed by atoms with van der Waals surface area (Å²) in [5.41, 5.74) is 4.50. The van der Waals surface area contributed by atoms with E-state index in [1.54, 1.807) is 0 Å². The van der Waals surface area contributed by atoms with Crippen LogP contribution in [0.3, 0.4) is 0 Å². The third-order valence-corrected chi connectivity index (χ3v) is 2.59. The lowest BCUT2D eigenvalue weighted by Crippen LogP contribution is -2.56. The number of amides is 1. The van der Waals surface area contributed by atoms with Gasteiger partial charge >= 0.3 is 15.1 Å². The van der Waals surface area contributed by atoms with Gasteiger partial charge in [0.25, 0.3) is 5.91 Å². The summed E-state index contributed by atoms with van der Waals surface area (Å²) in [4.78, 5) is 10.6. The molecule has 7 nitrogen and oxygen atoms in total. The highest BCUT2D eigenvalue weighted by Crippen LogP contribution is 2.25. The molecule has 3 N–H and O–H groups in total. The molecular formula is C5H10FNO6S. The van der Waals surface area contributed by atoms with Crippen molar-refractivity contribution in [1.29, 1.82) is 0 Å². The molecule has 0 aromatic carbocycles. The van der Waals surface area contributed by atoms with Gasteiger partial charge in [0, 0.05) is 14.2 Å². The lowest BCUT2D eigenvalue weighted by molar-refractivity contribution is -0.170. The molecule has 0 saturated heterocycles. The van der Waals surface area contributed by atoms with Crippen molar-refractivity contribution in [3.05, 3.63) is 0 Å². The van der Waals surface area contributed by atoms with E-state index in [0.29, 0.717) is 0 Å². The van der Waals surface area contributed by atoms with Crippen LogP contribution >= 0.6 is 0 Å². The van der Waals surface area contributed by atoms with E-state index in [4.69, 9.17) is 4.55 Å². The van der Waals surface area contributed by atoms with Crippen LogP contribution in [-0.2, 0) is 24.4 Å². The summed E-state index contributed by atoms with van der Waals surface area (Å²) < 4.78 is 51.6. The number of alkyl halides is 1. The van der Waals surface area contributed by atoms with E-state index >= 15 is 0 Å². The van der Waals surface area contributed by atoms with E-state index in [9.17, 15) is 17.6 Å². The Bertz CT molecular complexity index is 312. The van der Waals surface area contributed by atoms with Crippen LogP contribution in [0.25, 0.3) is 0 Å². The van der Waals surface area contributed by atoms with Crippen LogP contribution in [0.15, 0.2) is 0 Å². The number of primary amides is 1. The lowest BCUT2D eigenvalue weighted by Gasteiger charge is -2.25. The van der Waals surface area contributed by atoms with Crippen LogP contribution in [0.1, 0.15) is 0 Å². The van der Waals surface area contributed by atoms with E-state index in [0.717, 1.165) is 14.2 Å². The number of rotatable bonds is 5. The largest absolute Gasteiger partial charge is 0.366 e. The first-order valence-corrected chi connectivity index (χ1v) is 4.67. The van der Waals surface area contributed by atoms with Gasteiger partial charge in [-0.25, -0.2) is 4.39 Å². The molecular weight excluding hydrogens is 221 g/mol. The summed E-state index contributed by atoms with van der Waals surface area (Å²) >= 11 is 0. The Morgan fingerprint density at radius 1 is 1.50 bits per heavy atom. The van der Waals surface area contributed by atoms with Gasteiger partial charge in [-0.1, -0.05) is 0 Å². The summed E-state index contributed by atoms with van der Waals surface area (Å²) in [6.45, 7) is 0. The SMILES string of the molecule is COC(OC)C(F)(C(N)=O)S(=O)(=O)O. The molecule has 0 heterocycles. The maximum absolute atomic E-state index is 13.5. The quantitative estimate of drug-likeness (QED) is 0.446. The van der Waals surface area contributed by atoms with Crippen molar-refractivity contribution in [3.8, 4) is 0 Å². The van der Waals surface area contributed by atoms with Crippen molar-refractivity contribution in [2.24, 2.45) is 5.73 Å². The van der Waals surface area contributed by atoms with Crippen LogP contribution in [0.5, 0.6) is 0 Å². The number of methoxy groups -OCH3 is 2. The Hall–Kier alpha value is -0.770. The predicted octanol–water partition coefficient (Wildman–Crippen LogP) is -1.36. The van der Waals surface area contributed by atoms with Crippen molar-refractivity contribution in [1.82, 2.24) is 0 Å². The number of hydrogen-bond donors (Lipinski definition) is 2. The number of ether oxygens (including phenoxy) is 2. The molecule has 0 saturated carbocycles. The van der Waals surface area contributed by atoms with Gasteiger partial charge in [0.05, 0.1) is 0 Å². The van der Waals surface area contributed by atoms with Crippen LogP contribution in [0, 0.1) is 0 Å². The average molecular weight is 231 g/mol. The van der Waals surface area contributed by atoms with E-state index in [2.05, 4.69) is 15.2 Å². The number of halogens is 1. The first kappa shape index (κ1) is 13.2. The summed E-state index contributed by atoms with van der Waals surface area (Å²) in [5, 5.41) is -3.82. The third-order valence-electron chi connectivity index (χ3n) is 1.44. The second-order valence-electron chi connectivity index (χ2n) is 2.29. The minimum absolute atomic E-state index is 0.886. The fourth-order valence-electron chi connectivity index (χ4n) is 0.764. The number of hydrogen-bond acceptors (Lipinski definition) is 5. The zero-order valence-electron chi connectivity index (χ0n) is 7.43. The molecule has 0 aliphatic heterocycles. The van der Waals surface area contributed by atoms with E-state index in [1.165, 1.54) is 0 Å². The Morgan fingerprint density at radius 2 is 1.86 bits per heavy atom. The van der Waals surface area contributed by atoms with Crippen LogP contribution < -0.4 is 5.73 Å². The molecule has 0 aromatic heterocycles. The van der Waals surface area contributed by atoms with Gasteiger partial charge in [-0.2, -0.15) is 8.42 Å². The van der Waals surface area contributed by atoms with Gasteiger partial charge < -0.3 is 15.2 Å². The lowest BCUT2D eigenvalue weighted by atomic mass is 10.3. The molecule has 0 spiro atoms. The average Bonchev–Trinajstić information content (AvgIpc) is 2.03. The fourth-order valence-corrected chi connectivity index (χ4v) is 1.45. The molecule has 0 aliphatic rings. The molecule has 1 unspecified atom stereocenters. The standard InChI is InChI=1S/C5H10FNO6S/c1-12-4(13-2)5(6,3(7)8)14(9,10)11/h4H,1-2H3,(H2,7,8)(H,9,10,11). The van der Waals surface area contributed by atoms with Crippen molar-refractivity contribution in [3.63, 3.8) is 0 Å². The van der Waals surface area contributed by atoms with Gasteiger partial charge in [0.15, 0.2) is 0 Å². The highest BCUT2D eigenvalue weighted by molar-refractivity contribution is 7.88. The first-order chi connectivity index (χ1) is 6.21. The minimum atomic E-state index is -5.38. The Labute approximate surface area is 79.7 Å². The Balaban J connectivity index is 5.43. The summed E-state index contributed by atoms with van der Waals surface area (Å²) in [6, 6.07) is 0. The van der Waals surface area contributed by atoms with Crippen LogP contribution in [-0.4, -0.2) is 44.4 Å². The monoisotopic (exact) mass is 231 g/mol. The summed E-state index contributed by atoms with van der Waals surface area (Å²) in [5.74, 6) is -1.92. The number of carbonyl (C=O) groups excluding carboxylic acids is 1. The minimum Gasteiger partial charge on any atom is -0.366 e. The smallest absolute Gasteiger partial charge is 0.360 e. The number of nitrogens with two attached hydrogens (primary N) is 1. The maximum Gasteiger partial charge on any atom is 0.360 e. The molecule has 9 heteroatoms. The molecule has 0 aliphatic carbocycles. The zero-order chi connectivity index (χ0) is 11.6. The molecule has 0 radical (unpaired) electrons. The van der Waals surface area contributed by atoms with E-state index in [-0.39, 0.29) is 0 Å². The fraction of sp³-hybridized carbons (Fsp3) is 0.800. The predicted molar refractivity (Wildman–Crippen MR) is 42.4 cm³/mol. The van der Waals surface area contributed by atoms with Crippen molar-refractivity contribution < 1.29 is 31.6 Å². The van der Waals surface area contributed by atoms with Crippen molar-refractivity contribution in [2.45, 2.75) is 11.3 Å². The van der Waals surface area contributed by atoms with Gasteiger partial charge in [-0.05, 0) is 0 Å². The van der Waals surface area contributed by atoms with Gasteiger partial charge in [0.1, 0.15) is 0 Å². The molecule has 14 heavy (non-hydrogen) atoms. The second-order valence-corrected chi connectivity index (χ2v) is 3.83. The normalized spacial score (nSPS) is 16.6. The molecule has 84 valence electrons. The second kappa shape index (κ2) is 4.17. The molecule has 0 fully saturated rings. The molecule has 1 amide bonds. The van der Waals surface area contributed by atoms with Crippen LogP contribution in [0.4, 0.5) is 4.39 Å². The Morgan fingerprint density at radius 3 is 1.93 bits per heavy atom. The molecule has 0 aromatic rings. The van der Waals surface area contributed by atoms with Crippen molar-refractivity contribution in [2.75, 3.05) is 14.2 Å². The topological polar surface area (TPSA) is 116 Å². The van der Waals surface area contributed by atoms with Gasteiger partial charge in [-0.3, -0.25) is 9.35 Å². The maximum atomic E-state index is 13.5. The van der Waals surface area contributed by atoms with E-state index < -0.39 is 27.3 Å². The molecule has 1 atom stereocenters.